The van der Waals surface area contributed by atoms with Gasteiger partial charge in [0.1, 0.15) is 5.82 Å². The van der Waals surface area contributed by atoms with Crippen LogP contribution in [0.25, 0.3) is 0 Å². The molecular formula is C22H31FN4O2. The fraction of sp³-hybridized carbons (Fsp3) is 0.545. The Kier molecular flexibility index (Phi) is 7.63. The van der Waals surface area contributed by atoms with E-state index in [1.165, 1.54) is 6.07 Å². The third-order valence-electron chi connectivity index (χ3n) is 5.92. The molecule has 29 heavy (non-hydrogen) atoms. The zero-order valence-electron chi connectivity index (χ0n) is 16.9. The smallest absolute Gasteiger partial charge is 0.317 e. The Morgan fingerprint density at radius 2 is 1.83 bits per heavy atom. The van der Waals surface area contributed by atoms with Gasteiger partial charge < -0.3 is 15.5 Å². The number of nitrogens with one attached hydrogen (secondary N) is 2. The fourth-order valence-electron chi connectivity index (χ4n) is 4.35. The van der Waals surface area contributed by atoms with Gasteiger partial charge in [-0.05, 0) is 24.8 Å². The number of halogens is 1. The average molecular weight is 403 g/mol. The minimum Gasteiger partial charge on any atom is -0.351 e. The molecule has 2 N–H and O–H groups in total. The number of hydrogen-bond acceptors (Lipinski definition) is 3. The van der Waals surface area contributed by atoms with Crippen molar-refractivity contribution < 1.29 is 14.0 Å². The maximum absolute atomic E-state index is 13.9. The molecule has 1 aromatic carbocycles. The van der Waals surface area contributed by atoms with Gasteiger partial charge in [-0.25, -0.2) is 9.18 Å². The third-order valence-corrected chi connectivity index (χ3v) is 5.92. The number of piperazine rings is 1. The van der Waals surface area contributed by atoms with Gasteiger partial charge in [-0.15, -0.1) is 6.58 Å². The highest BCUT2D eigenvalue weighted by atomic mass is 19.1. The zero-order chi connectivity index (χ0) is 20.6. The topological polar surface area (TPSA) is 64.7 Å². The number of nitrogens with zero attached hydrogens (tertiary/aromatic N) is 2. The molecule has 3 amide bonds. The third kappa shape index (κ3) is 5.56. The van der Waals surface area contributed by atoms with Crippen molar-refractivity contribution in [1.82, 2.24) is 20.4 Å². The van der Waals surface area contributed by atoms with Crippen LogP contribution in [0.1, 0.15) is 31.2 Å². The zero-order valence-corrected chi connectivity index (χ0v) is 16.9. The van der Waals surface area contributed by atoms with Crippen LogP contribution >= 0.6 is 0 Å². The molecule has 1 atom stereocenters. The summed E-state index contributed by atoms with van der Waals surface area (Å²) in [5.74, 6) is -0.0224. The fourth-order valence-corrected chi connectivity index (χ4v) is 4.35. The molecule has 2 fully saturated rings. The Morgan fingerprint density at radius 1 is 1.14 bits per heavy atom. The van der Waals surface area contributed by atoms with Crippen LogP contribution in [0, 0.1) is 11.7 Å². The van der Waals surface area contributed by atoms with Crippen molar-refractivity contribution in [2.45, 2.75) is 38.3 Å². The van der Waals surface area contributed by atoms with E-state index in [9.17, 15) is 14.0 Å². The van der Waals surface area contributed by atoms with Crippen molar-refractivity contribution in [2.24, 2.45) is 5.92 Å². The van der Waals surface area contributed by atoms with Crippen LogP contribution < -0.4 is 10.6 Å². The number of carbonyl (C=O) groups is 2. The van der Waals surface area contributed by atoms with Crippen LogP contribution in [0.2, 0.25) is 0 Å². The number of hydrogen-bond donors (Lipinski definition) is 2. The second kappa shape index (κ2) is 10.4. The maximum atomic E-state index is 13.9. The van der Waals surface area contributed by atoms with Crippen molar-refractivity contribution in [2.75, 3.05) is 32.7 Å². The lowest BCUT2D eigenvalue weighted by atomic mass is 9.95. The quantitative estimate of drug-likeness (QED) is 0.689. The van der Waals surface area contributed by atoms with Gasteiger partial charge in [-0.1, -0.05) is 37.1 Å². The highest BCUT2D eigenvalue weighted by Gasteiger charge is 2.37. The number of benzene rings is 1. The molecule has 1 aliphatic carbocycles. The summed E-state index contributed by atoms with van der Waals surface area (Å²) in [6, 6.07) is 6.21. The van der Waals surface area contributed by atoms with Crippen LogP contribution in [0.5, 0.6) is 0 Å². The largest absolute Gasteiger partial charge is 0.351 e. The summed E-state index contributed by atoms with van der Waals surface area (Å²) in [7, 11) is 0. The van der Waals surface area contributed by atoms with Crippen molar-refractivity contribution in [3.63, 3.8) is 0 Å². The Hall–Kier alpha value is -2.41. The molecule has 1 heterocycles. The lowest BCUT2D eigenvalue weighted by Crippen LogP contribution is -2.59. The standard InChI is InChI=1S/C22H31FN4O2/c1-2-11-24-22(29)27-14-12-26(13-15-27)20(17-7-3-4-8-17)21(28)25-16-18-9-5-6-10-19(18)23/h2,5-6,9-10,17,20H,1,3-4,7-8,11-16H2,(H,24,29)(H,25,28)/t20-/m1/s1. The molecule has 0 bridgehead atoms. The van der Waals surface area contributed by atoms with Crippen molar-refractivity contribution in [3.05, 3.63) is 48.3 Å². The molecule has 1 saturated heterocycles. The van der Waals surface area contributed by atoms with E-state index in [0.717, 1.165) is 25.7 Å². The van der Waals surface area contributed by atoms with E-state index < -0.39 is 0 Å². The van der Waals surface area contributed by atoms with Gasteiger partial charge in [-0.3, -0.25) is 9.69 Å². The van der Waals surface area contributed by atoms with Crippen LogP contribution in [0.4, 0.5) is 9.18 Å². The Morgan fingerprint density at radius 3 is 2.48 bits per heavy atom. The van der Waals surface area contributed by atoms with Crippen LogP contribution in [0.3, 0.4) is 0 Å². The molecule has 6 nitrogen and oxygen atoms in total. The molecule has 3 rings (SSSR count). The van der Waals surface area contributed by atoms with E-state index in [2.05, 4.69) is 22.1 Å². The highest BCUT2D eigenvalue weighted by Crippen LogP contribution is 2.31. The van der Waals surface area contributed by atoms with Gasteiger partial charge >= 0.3 is 6.03 Å². The molecule has 7 heteroatoms. The first-order chi connectivity index (χ1) is 14.1. The summed E-state index contributed by atoms with van der Waals surface area (Å²) in [5.41, 5.74) is 0.495. The number of rotatable bonds is 7. The van der Waals surface area contributed by atoms with Gasteiger partial charge in [0.25, 0.3) is 0 Å². The Labute approximate surface area is 172 Å². The van der Waals surface area contributed by atoms with Gasteiger partial charge in [0.2, 0.25) is 5.91 Å². The molecule has 0 spiro atoms. The minimum atomic E-state index is -0.302. The van der Waals surface area contributed by atoms with Gasteiger partial charge in [0.15, 0.2) is 0 Å². The molecule has 158 valence electrons. The maximum Gasteiger partial charge on any atom is 0.317 e. The van der Waals surface area contributed by atoms with E-state index in [-0.39, 0.29) is 30.3 Å². The Bertz CT molecular complexity index is 713. The molecule has 0 aromatic heterocycles. The molecule has 2 aliphatic rings. The van der Waals surface area contributed by atoms with E-state index in [0.29, 0.717) is 44.2 Å². The van der Waals surface area contributed by atoms with E-state index >= 15 is 0 Å². The molecule has 1 aliphatic heterocycles. The second-order valence-corrected chi connectivity index (χ2v) is 7.80. The summed E-state index contributed by atoms with van der Waals surface area (Å²) in [4.78, 5) is 29.2. The first-order valence-electron chi connectivity index (χ1n) is 10.5. The monoisotopic (exact) mass is 402 g/mol. The first kappa shape index (κ1) is 21.3. The number of urea groups is 1. The summed E-state index contributed by atoms with van der Waals surface area (Å²) < 4.78 is 13.9. The van der Waals surface area contributed by atoms with Crippen molar-refractivity contribution in [1.29, 1.82) is 0 Å². The van der Waals surface area contributed by atoms with E-state index in [1.807, 2.05) is 0 Å². The van der Waals surface area contributed by atoms with Gasteiger partial charge in [-0.2, -0.15) is 0 Å². The predicted octanol–water partition coefficient (Wildman–Crippen LogP) is 2.51. The molecule has 0 unspecified atom stereocenters. The summed E-state index contributed by atoms with van der Waals surface area (Å²) in [6.07, 6.45) is 6.02. The molecule has 1 saturated carbocycles. The summed E-state index contributed by atoms with van der Waals surface area (Å²) in [5, 5.41) is 5.75. The van der Waals surface area contributed by atoms with Crippen molar-refractivity contribution >= 4 is 11.9 Å². The van der Waals surface area contributed by atoms with Crippen molar-refractivity contribution in [3.8, 4) is 0 Å². The predicted molar refractivity (Wildman–Crippen MR) is 111 cm³/mol. The number of amides is 3. The normalized spacial score (nSPS) is 19.0. The number of carbonyl (C=O) groups excluding carboxylic acids is 2. The lowest BCUT2D eigenvalue weighted by Gasteiger charge is -2.40. The van der Waals surface area contributed by atoms with E-state index in [4.69, 9.17) is 0 Å². The lowest BCUT2D eigenvalue weighted by molar-refractivity contribution is -0.129. The van der Waals surface area contributed by atoms with Crippen LogP contribution in [-0.4, -0.2) is 60.5 Å². The van der Waals surface area contributed by atoms with Gasteiger partial charge in [0, 0.05) is 44.8 Å². The Balaban J connectivity index is 1.60. The summed E-state index contributed by atoms with van der Waals surface area (Å²) in [6.45, 7) is 6.76. The van der Waals surface area contributed by atoms with Gasteiger partial charge in [0.05, 0.1) is 6.04 Å². The highest BCUT2D eigenvalue weighted by molar-refractivity contribution is 5.82. The first-order valence-corrected chi connectivity index (χ1v) is 10.5. The summed E-state index contributed by atoms with van der Waals surface area (Å²) >= 11 is 0. The minimum absolute atomic E-state index is 0.0373. The van der Waals surface area contributed by atoms with E-state index in [1.54, 1.807) is 29.2 Å². The molecule has 0 radical (unpaired) electrons. The molecule has 1 aromatic rings. The SMILES string of the molecule is C=CCNC(=O)N1CCN([C@@H](C(=O)NCc2ccccc2F)C2CCCC2)CC1. The van der Waals surface area contributed by atoms with Crippen LogP contribution in [-0.2, 0) is 11.3 Å². The average Bonchev–Trinajstić information content (AvgIpc) is 3.26. The molecular weight excluding hydrogens is 371 g/mol. The van der Waals surface area contributed by atoms with Crippen LogP contribution in [0.15, 0.2) is 36.9 Å². The second-order valence-electron chi connectivity index (χ2n) is 7.80.